The van der Waals surface area contributed by atoms with Crippen molar-refractivity contribution in [1.29, 1.82) is 0 Å². The Morgan fingerprint density at radius 3 is 2.07 bits per heavy atom. The molecule has 3 aromatic rings. The van der Waals surface area contributed by atoms with Crippen LogP contribution in [-0.4, -0.2) is 28.0 Å². The highest BCUT2D eigenvalue weighted by Gasteiger charge is 2.20. The SMILES string of the molecule is CN(c1ccc(OC(=O)CCCOc2ccccc2)cc1)S(=O)(=O)c1ccccc1. The van der Waals surface area contributed by atoms with E-state index in [0.29, 0.717) is 24.5 Å². The zero-order valence-electron chi connectivity index (χ0n) is 16.6. The second-order valence-electron chi connectivity index (χ2n) is 6.52. The predicted molar refractivity (Wildman–Crippen MR) is 115 cm³/mol. The minimum atomic E-state index is -3.65. The Morgan fingerprint density at radius 2 is 1.43 bits per heavy atom. The second kappa shape index (κ2) is 9.93. The summed E-state index contributed by atoms with van der Waals surface area (Å²) in [6, 6.07) is 23.9. The van der Waals surface area contributed by atoms with Gasteiger partial charge in [0.25, 0.3) is 10.0 Å². The van der Waals surface area contributed by atoms with Gasteiger partial charge in [-0.1, -0.05) is 36.4 Å². The molecule has 0 saturated heterocycles. The number of nitrogens with zero attached hydrogens (tertiary/aromatic N) is 1. The Bertz CT molecular complexity index is 1050. The highest BCUT2D eigenvalue weighted by molar-refractivity contribution is 7.92. The Kier molecular flexibility index (Phi) is 7.08. The van der Waals surface area contributed by atoms with Crippen molar-refractivity contribution in [3.05, 3.63) is 84.9 Å². The molecule has 156 valence electrons. The number of ether oxygens (including phenoxy) is 2. The van der Waals surface area contributed by atoms with E-state index in [9.17, 15) is 13.2 Å². The topological polar surface area (TPSA) is 72.9 Å². The Hall–Kier alpha value is -3.32. The normalized spacial score (nSPS) is 11.0. The number of para-hydroxylation sites is 1. The molecular formula is C23H23NO5S. The minimum absolute atomic E-state index is 0.209. The van der Waals surface area contributed by atoms with Crippen LogP contribution in [0.25, 0.3) is 0 Å². The van der Waals surface area contributed by atoms with Crippen LogP contribution >= 0.6 is 0 Å². The molecule has 0 N–H and O–H groups in total. The summed E-state index contributed by atoms with van der Waals surface area (Å²) < 4.78 is 37.4. The van der Waals surface area contributed by atoms with Crippen LogP contribution in [0.1, 0.15) is 12.8 Å². The van der Waals surface area contributed by atoms with Crippen molar-refractivity contribution in [3.63, 3.8) is 0 Å². The molecule has 3 aromatic carbocycles. The van der Waals surface area contributed by atoms with Crippen molar-refractivity contribution < 1.29 is 22.7 Å². The molecule has 0 radical (unpaired) electrons. The number of benzene rings is 3. The molecule has 0 atom stereocenters. The van der Waals surface area contributed by atoms with Crippen LogP contribution < -0.4 is 13.8 Å². The van der Waals surface area contributed by atoms with E-state index in [1.54, 1.807) is 54.6 Å². The molecule has 0 saturated carbocycles. The molecule has 0 unspecified atom stereocenters. The molecular weight excluding hydrogens is 402 g/mol. The van der Waals surface area contributed by atoms with E-state index in [1.807, 2.05) is 30.3 Å². The van der Waals surface area contributed by atoms with Gasteiger partial charge in [0.05, 0.1) is 17.2 Å². The fraction of sp³-hybridized carbons (Fsp3) is 0.174. The van der Waals surface area contributed by atoms with Gasteiger partial charge in [0.1, 0.15) is 11.5 Å². The number of carbonyl (C=O) groups excluding carboxylic acids is 1. The van der Waals surface area contributed by atoms with Gasteiger partial charge >= 0.3 is 5.97 Å². The number of hydrogen-bond donors (Lipinski definition) is 0. The molecule has 0 aliphatic rings. The summed E-state index contributed by atoms with van der Waals surface area (Å²) >= 11 is 0. The first-order valence-corrected chi connectivity index (χ1v) is 10.9. The fourth-order valence-electron chi connectivity index (χ4n) is 2.72. The zero-order chi connectivity index (χ0) is 21.4. The third-order valence-corrected chi connectivity index (χ3v) is 6.17. The number of rotatable bonds is 9. The Balaban J connectivity index is 1.51. The number of esters is 1. The summed E-state index contributed by atoms with van der Waals surface area (Å²) in [5, 5.41) is 0. The van der Waals surface area contributed by atoms with E-state index in [1.165, 1.54) is 11.4 Å². The van der Waals surface area contributed by atoms with Crippen LogP contribution in [0.5, 0.6) is 11.5 Å². The van der Waals surface area contributed by atoms with Crippen molar-refractivity contribution in [2.45, 2.75) is 17.7 Å². The molecule has 0 heterocycles. The molecule has 6 nitrogen and oxygen atoms in total. The summed E-state index contributed by atoms with van der Waals surface area (Å²) in [6.07, 6.45) is 0.751. The van der Waals surface area contributed by atoms with Crippen molar-refractivity contribution in [3.8, 4) is 11.5 Å². The smallest absolute Gasteiger partial charge is 0.311 e. The first kappa shape index (κ1) is 21.4. The fourth-order valence-corrected chi connectivity index (χ4v) is 3.94. The van der Waals surface area contributed by atoms with Crippen LogP contribution in [0.3, 0.4) is 0 Å². The van der Waals surface area contributed by atoms with Gasteiger partial charge in [0.15, 0.2) is 0 Å². The van der Waals surface area contributed by atoms with Crippen molar-refractivity contribution in [2.75, 3.05) is 18.0 Å². The van der Waals surface area contributed by atoms with Gasteiger partial charge in [0, 0.05) is 13.5 Å². The molecule has 7 heteroatoms. The van der Waals surface area contributed by atoms with Crippen molar-refractivity contribution in [2.24, 2.45) is 0 Å². The van der Waals surface area contributed by atoms with Gasteiger partial charge in [-0.15, -0.1) is 0 Å². The zero-order valence-corrected chi connectivity index (χ0v) is 17.4. The summed E-state index contributed by atoms with van der Waals surface area (Å²) in [7, 11) is -2.17. The van der Waals surface area contributed by atoms with Crippen LogP contribution in [0.2, 0.25) is 0 Å². The maximum Gasteiger partial charge on any atom is 0.311 e. The molecule has 0 bridgehead atoms. The number of carbonyl (C=O) groups is 1. The average molecular weight is 426 g/mol. The average Bonchev–Trinajstić information content (AvgIpc) is 2.78. The van der Waals surface area contributed by atoms with Crippen LogP contribution in [0, 0.1) is 0 Å². The molecule has 0 aliphatic carbocycles. The van der Waals surface area contributed by atoms with Gasteiger partial charge < -0.3 is 9.47 Å². The summed E-state index contributed by atoms with van der Waals surface area (Å²) in [4.78, 5) is 12.2. The number of anilines is 1. The maximum absolute atomic E-state index is 12.7. The lowest BCUT2D eigenvalue weighted by atomic mass is 10.3. The third-order valence-electron chi connectivity index (χ3n) is 4.37. The lowest BCUT2D eigenvalue weighted by molar-refractivity contribution is -0.134. The molecule has 3 rings (SSSR count). The van der Waals surface area contributed by atoms with E-state index in [4.69, 9.17) is 9.47 Å². The molecule has 0 amide bonds. The summed E-state index contributed by atoms with van der Waals surface area (Å²) in [5.41, 5.74) is 0.468. The minimum Gasteiger partial charge on any atom is -0.494 e. The van der Waals surface area contributed by atoms with E-state index in [-0.39, 0.29) is 17.3 Å². The summed E-state index contributed by atoms with van der Waals surface area (Å²) in [6.45, 7) is 0.417. The second-order valence-corrected chi connectivity index (χ2v) is 8.49. The van der Waals surface area contributed by atoms with E-state index in [0.717, 1.165) is 5.75 Å². The lowest BCUT2D eigenvalue weighted by Crippen LogP contribution is -2.26. The maximum atomic E-state index is 12.7. The highest BCUT2D eigenvalue weighted by atomic mass is 32.2. The summed E-state index contributed by atoms with van der Waals surface area (Å²) in [5.74, 6) is 0.749. The van der Waals surface area contributed by atoms with Crippen LogP contribution in [0.15, 0.2) is 89.8 Å². The predicted octanol–water partition coefficient (Wildman–Crippen LogP) is 4.28. The largest absolute Gasteiger partial charge is 0.494 e. The molecule has 0 aliphatic heterocycles. The first-order chi connectivity index (χ1) is 14.5. The van der Waals surface area contributed by atoms with Gasteiger partial charge in [-0.25, -0.2) is 8.42 Å². The van der Waals surface area contributed by atoms with E-state index < -0.39 is 10.0 Å². The molecule has 30 heavy (non-hydrogen) atoms. The third kappa shape index (κ3) is 5.61. The van der Waals surface area contributed by atoms with Gasteiger partial charge in [0.2, 0.25) is 0 Å². The lowest BCUT2D eigenvalue weighted by Gasteiger charge is -2.19. The number of hydrogen-bond acceptors (Lipinski definition) is 5. The van der Waals surface area contributed by atoms with Crippen LogP contribution in [-0.2, 0) is 14.8 Å². The highest BCUT2D eigenvalue weighted by Crippen LogP contribution is 2.24. The van der Waals surface area contributed by atoms with Crippen molar-refractivity contribution >= 4 is 21.7 Å². The standard InChI is InChI=1S/C23H23NO5S/c1-24(30(26,27)22-11-6-3-7-12-22)19-14-16-21(17-15-19)29-23(25)13-8-18-28-20-9-4-2-5-10-20/h2-7,9-12,14-17H,8,13,18H2,1H3. The Morgan fingerprint density at radius 1 is 0.833 bits per heavy atom. The first-order valence-electron chi connectivity index (χ1n) is 9.49. The van der Waals surface area contributed by atoms with E-state index in [2.05, 4.69) is 0 Å². The molecule has 0 fully saturated rings. The monoisotopic (exact) mass is 425 g/mol. The Labute approximate surface area is 176 Å². The quantitative estimate of drug-likeness (QED) is 0.291. The number of sulfonamides is 1. The van der Waals surface area contributed by atoms with Crippen LogP contribution in [0.4, 0.5) is 5.69 Å². The van der Waals surface area contributed by atoms with Gasteiger partial charge in [-0.2, -0.15) is 0 Å². The van der Waals surface area contributed by atoms with Gasteiger partial charge in [-0.05, 0) is 55.0 Å². The van der Waals surface area contributed by atoms with E-state index >= 15 is 0 Å². The van der Waals surface area contributed by atoms with Crippen molar-refractivity contribution in [1.82, 2.24) is 0 Å². The molecule has 0 aromatic heterocycles. The van der Waals surface area contributed by atoms with Gasteiger partial charge in [-0.3, -0.25) is 9.10 Å². The molecule has 0 spiro atoms.